The van der Waals surface area contributed by atoms with Crippen molar-refractivity contribution >= 4 is 28.5 Å². The smallest absolute Gasteiger partial charge is 0.410 e. The van der Waals surface area contributed by atoms with Crippen molar-refractivity contribution < 1.29 is 14.3 Å². The molecule has 2 amide bonds. The molecule has 1 aromatic carbocycles. The van der Waals surface area contributed by atoms with E-state index < -0.39 is 5.60 Å². The number of nitrogens with zero attached hydrogens (tertiary/aromatic N) is 2. The van der Waals surface area contributed by atoms with Crippen molar-refractivity contribution in [1.29, 1.82) is 0 Å². The molecule has 1 aliphatic heterocycles. The first-order chi connectivity index (χ1) is 13.3. The van der Waals surface area contributed by atoms with Gasteiger partial charge in [0.15, 0.2) is 5.13 Å². The van der Waals surface area contributed by atoms with Crippen LogP contribution in [0.15, 0.2) is 30.3 Å². The maximum absolute atomic E-state index is 12.8. The van der Waals surface area contributed by atoms with Gasteiger partial charge in [0.05, 0.1) is 18.2 Å². The minimum absolute atomic E-state index is 0.0520. The molecule has 0 fully saturated rings. The molecule has 1 aliphatic rings. The highest BCUT2D eigenvalue weighted by Crippen LogP contribution is 2.30. The maximum atomic E-state index is 12.8. The van der Waals surface area contributed by atoms with Gasteiger partial charge in [0.1, 0.15) is 5.60 Å². The number of benzene rings is 1. The van der Waals surface area contributed by atoms with Crippen LogP contribution in [0.2, 0.25) is 0 Å². The number of hydrogen-bond acceptors (Lipinski definition) is 5. The molecule has 3 rings (SSSR count). The van der Waals surface area contributed by atoms with Crippen molar-refractivity contribution in [2.75, 3.05) is 11.9 Å². The summed E-state index contributed by atoms with van der Waals surface area (Å²) < 4.78 is 5.46. The Morgan fingerprint density at radius 3 is 2.64 bits per heavy atom. The van der Waals surface area contributed by atoms with Crippen molar-refractivity contribution in [1.82, 2.24) is 9.88 Å². The lowest BCUT2D eigenvalue weighted by Gasteiger charge is -2.29. The summed E-state index contributed by atoms with van der Waals surface area (Å²) in [6.07, 6.45) is 1.07. The molecule has 2 heterocycles. The first-order valence-electron chi connectivity index (χ1n) is 9.59. The molecule has 0 spiro atoms. The minimum Gasteiger partial charge on any atom is -0.444 e. The predicted octanol–water partition coefficient (Wildman–Crippen LogP) is 4.57. The molecular formula is C21H27N3O3S. The van der Waals surface area contributed by atoms with Crippen molar-refractivity contribution in [3.8, 4) is 0 Å². The van der Waals surface area contributed by atoms with Crippen LogP contribution in [0.1, 0.15) is 56.2 Å². The largest absolute Gasteiger partial charge is 0.444 e. The molecule has 1 unspecified atom stereocenters. The molecule has 0 saturated heterocycles. The normalized spacial score (nSPS) is 14.9. The van der Waals surface area contributed by atoms with Gasteiger partial charge in [0, 0.05) is 17.8 Å². The van der Waals surface area contributed by atoms with E-state index in [1.165, 1.54) is 11.3 Å². The number of fused-ring (bicyclic) bond motifs is 1. The summed E-state index contributed by atoms with van der Waals surface area (Å²) in [5.41, 5.74) is 1.43. The van der Waals surface area contributed by atoms with Crippen LogP contribution in [0.25, 0.3) is 0 Å². The van der Waals surface area contributed by atoms with E-state index in [0.29, 0.717) is 31.1 Å². The van der Waals surface area contributed by atoms with Gasteiger partial charge >= 0.3 is 6.09 Å². The Balaban J connectivity index is 1.67. The third-order valence-electron chi connectivity index (χ3n) is 4.54. The number of aromatic nitrogens is 1. The molecule has 1 N–H and O–H groups in total. The molecule has 0 bridgehead atoms. The van der Waals surface area contributed by atoms with Gasteiger partial charge in [-0.05, 0) is 32.8 Å². The summed E-state index contributed by atoms with van der Waals surface area (Å²) in [5.74, 6) is -0.260. The Hall–Kier alpha value is -2.41. The highest BCUT2D eigenvalue weighted by Gasteiger charge is 2.28. The Morgan fingerprint density at radius 1 is 1.29 bits per heavy atom. The van der Waals surface area contributed by atoms with E-state index in [1.807, 2.05) is 58.0 Å². The Morgan fingerprint density at radius 2 is 2.00 bits per heavy atom. The number of carbonyl (C=O) groups is 2. The van der Waals surface area contributed by atoms with Crippen LogP contribution in [-0.2, 0) is 22.5 Å². The summed E-state index contributed by atoms with van der Waals surface area (Å²) in [4.78, 5) is 32.3. The van der Waals surface area contributed by atoms with Crippen LogP contribution in [-0.4, -0.2) is 34.0 Å². The SMILES string of the molecule is CCC(C(=O)Nc1nc2c(s1)CN(C(=O)OC(C)(C)C)CC2)c1ccccc1. The Kier molecular flexibility index (Phi) is 6.03. The van der Waals surface area contributed by atoms with Crippen LogP contribution < -0.4 is 5.32 Å². The number of thiazole rings is 1. The minimum atomic E-state index is -0.517. The predicted molar refractivity (Wildman–Crippen MR) is 111 cm³/mol. The first kappa shape index (κ1) is 20.3. The van der Waals surface area contributed by atoms with Crippen molar-refractivity contribution in [3.05, 3.63) is 46.5 Å². The third kappa shape index (κ3) is 4.90. The third-order valence-corrected chi connectivity index (χ3v) is 5.54. The summed E-state index contributed by atoms with van der Waals surface area (Å²) in [5, 5.41) is 3.56. The number of hydrogen-bond donors (Lipinski definition) is 1. The second-order valence-electron chi connectivity index (χ2n) is 7.90. The van der Waals surface area contributed by atoms with Gasteiger partial charge in [0.25, 0.3) is 0 Å². The molecule has 1 atom stereocenters. The number of rotatable bonds is 4. The van der Waals surface area contributed by atoms with Gasteiger partial charge in [-0.3, -0.25) is 4.79 Å². The van der Waals surface area contributed by atoms with Crippen LogP contribution in [0.4, 0.5) is 9.93 Å². The average Bonchev–Trinajstić information content (AvgIpc) is 3.03. The quantitative estimate of drug-likeness (QED) is 0.815. The van der Waals surface area contributed by atoms with Gasteiger partial charge in [-0.25, -0.2) is 9.78 Å². The summed E-state index contributed by atoms with van der Waals surface area (Å²) in [6.45, 7) is 8.61. The number of nitrogens with one attached hydrogen (secondary N) is 1. The Labute approximate surface area is 169 Å². The fourth-order valence-electron chi connectivity index (χ4n) is 3.18. The molecule has 0 aliphatic carbocycles. The van der Waals surface area contributed by atoms with Crippen LogP contribution in [0, 0.1) is 0 Å². The molecule has 2 aromatic rings. The lowest BCUT2D eigenvalue weighted by atomic mass is 9.96. The van der Waals surface area contributed by atoms with Crippen molar-refractivity contribution in [2.24, 2.45) is 0 Å². The van der Waals surface area contributed by atoms with Crippen molar-refractivity contribution in [2.45, 2.75) is 58.6 Å². The summed E-state index contributed by atoms with van der Waals surface area (Å²) in [7, 11) is 0. The molecule has 150 valence electrons. The zero-order chi connectivity index (χ0) is 20.3. The summed E-state index contributed by atoms with van der Waals surface area (Å²) >= 11 is 1.43. The number of carbonyl (C=O) groups excluding carboxylic acids is 2. The highest BCUT2D eigenvalue weighted by molar-refractivity contribution is 7.15. The fraction of sp³-hybridized carbons (Fsp3) is 0.476. The maximum Gasteiger partial charge on any atom is 0.410 e. The standard InChI is InChI=1S/C21H27N3O3S/c1-5-15(14-9-7-6-8-10-14)18(25)23-19-22-16-11-12-24(13-17(16)28-19)20(26)27-21(2,3)4/h6-10,15H,5,11-13H2,1-4H3,(H,22,23,25). The van der Waals surface area contributed by atoms with Crippen LogP contribution >= 0.6 is 11.3 Å². The van der Waals surface area contributed by atoms with Crippen LogP contribution in [0.5, 0.6) is 0 Å². The highest BCUT2D eigenvalue weighted by atomic mass is 32.1. The second-order valence-corrected chi connectivity index (χ2v) is 8.99. The molecule has 7 heteroatoms. The van der Waals surface area contributed by atoms with Gasteiger partial charge in [-0.2, -0.15) is 0 Å². The fourth-order valence-corrected chi connectivity index (χ4v) is 4.21. The van der Waals surface area contributed by atoms with Crippen LogP contribution in [0.3, 0.4) is 0 Å². The number of ether oxygens (including phenoxy) is 1. The molecule has 6 nitrogen and oxygen atoms in total. The first-order valence-corrected chi connectivity index (χ1v) is 10.4. The van der Waals surface area contributed by atoms with Gasteiger partial charge in [-0.15, -0.1) is 0 Å². The molecule has 0 radical (unpaired) electrons. The molecular weight excluding hydrogens is 374 g/mol. The monoisotopic (exact) mass is 401 g/mol. The van der Waals surface area contributed by atoms with Gasteiger partial charge in [0.2, 0.25) is 5.91 Å². The summed E-state index contributed by atoms with van der Waals surface area (Å²) in [6, 6.07) is 9.77. The van der Waals surface area contributed by atoms with Gasteiger partial charge in [-0.1, -0.05) is 48.6 Å². The van der Waals surface area contributed by atoms with E-state index in [4.69, 9.17) is 4.74 Å². The van der Waals surface area contributed by atoms with E-state index in [-0.39, 0.29) is 17.9 Å². The Bertz CT molecular complexity index is 842. The van der Waals surface area contributed by atoms with Crippen molar-refractivity contribution in [3.63, 3.8) is 0 Å². The number of anilines is 1. The molecule has 0 saturated carbocycles. The van der Waals surface area contributed by atoms with E-state index in [9.17, 15) is 9.59 Å². The van der Waals surface area contributed by atoms with E-state index in [0.717, 1.165) is 16.1 Å². The van der Waals surface area contributed by atoms with E-state index >= 15 is 0 Å². The average molecular weight is 402 g/mol. The topological polar surface area (TPSA) is 71.5 Å². The molecule has 28 heavy (non-hydrogen) atoms. The molecule has 1 aromatic heterocycles. The van der Waals surface area contributed by atoms with E-state index in [1.54, 1.807) is 4.90 Å². The lowest BCUT2D eigenvalue weighted by molar-refractivity contribution is -0.117. The van der Waals surface area contributed by atoms with E-state index in [2.05, 4.69) is 10.3 Å². The van der Waals surface area contributed by atoms with Gasteiger partial charge < -0.3 is 15.0 Å². The number of amides is 2. The zero-order valence-electron chi connectivity index (χ0n) is 16.8. The lowest BCUT2D eigenvalue weighted by Crippen LogP contribution is -2.39. The second kappa shape index (κ2) is 8.31. The zero-order valence-corrected chi connectivity index (χ0v) is 17.6.